The zero-order valence-corrected chi connectivity index (χ0v) is 13.2. The molecule has 1 atom stereocenters. The topological polar surface area (TPSA) is 58.3 Å². The van der Waals surface area contributed by atoms with E-state index in [2.05, 4.69) is 38.8 Å². The van der Waals surface area contributed by atoms with E-state index in [1.165, 1.54) is 19.3 Å². The normalized spacial score (nSPS) is 22.5. The van der Waals surface area contributed by atoms with Crippen molar-refractivity contribution < 1.29 is 0 Å². The van der Waals surface area contributed by atoms with Gasteiger partial charge in [-0.15, -0.1) is 10.2 Å². The molecule has 1 aromatic heterocycles. The highest BCUT2D eigenvalue weighted by Gasteiger charge is 2.20. The second-order valence-electron chi connectivity index (χ2n) is 6.15. The second kappa shape index (κ2) is 6.45. The summed E-state index contributed by atoms with van der Waals surface area (Å²) >= 11 is 0. The molecule has 0 bridgehead atoms. The van der Waals surface area contributed by atoms with Crippen molar-refractivity contribution in [1.29, 1.82) is 0 Å². The molecule has 3 rings (SSSR count). The van der Waals surface area contributed by atoms with Crippen LogP contribution in [0.15, 0.2) is 4.99 Å². The fourth-order valence-corrected chi connectivity index (χ4v) is 3.28. The summed E-state index contributed by atoms with van der Waals surface area (Å²) in [4.78, 5) is 7.19. The van der Waals surface area contributed by atoms with E-state index in [0.717, 1.165) is 56.1 Å². The molecule has 6 nitrogen and oxygen atoms in total. The summed E-state index contributed by atoms with van der Waals surface area (Å²) in [7, 11) is 0. The number of piperidine rings is 1. The number of fused-ring (bicyclic) bond motifs is 1. The molecule has 0 saturated carbocycles. The summed E-state index contributed by atoms with van der Waals surface area (Å²) in [6, 6.07) is 0. The van der Waals surface area contributed by atoms with Gasteiger partial charge in [0.05, 0.1) is 0 Å². The van der Waals surface area contributed by atoms with Crippen LogP contribution in [0.3, 0.4) is 0 Å². The van der Waals surface area contributed by atoms with E-state index in [4.69, 9.17) is 4.99 Å². The maximum atomic E-state index is 4.80. The Bertz CT molecular complexity index is 506. The zero-order chi connectivity index (χ0) is 14.7. The molecule has 1 fully saturated rings. The van der Waals surface area contributed by atoms with E-state index in [-0.39, 0.29) is 0 Å². The van der Waals surface area contributed by atoms with Crippen LogP contribution in [0.25, 0.3) is 0 Å². The third-order valence-corrected chi connectivity index (χ3v) is 4.35. The summed E-state index contributed by atoms with van der Waals surface area (Å²) in [6.07, 6.45) is 4.82. The second-order valence-corrected chi connectivity index (χ2v) is 6.15. The van der Waals surface area contributed by atoms with Gasteiger partial charge in [0.15, 0.2) is 11.8 Å². The molecule has 1 saturated heterocycles. The average Bonchev–Trinajstić information content (AvgIpc) is 3.07. The van der Waals surface area contributed by atoms with Crippen LogP contribution < -0.4 is 5.32 Å². The Balaban J connectivity index is 1.70. The molecule has 1 N–H and O–H groups in total. The van der Waals surface area contributed by atoms with Crippen molar-refractivity contribution in [2.45, 2.75) is 52.6 Å². The number of guanidine groups is 1. The molecule has 0 aromatic carbocycles. The standard InChI is InChI=1S/C15H26N6/c1-3-16-15(20-8-4-6-12(2)11-20)17-10-14-19-18-13-7-5-9-21(13)14/h12H,3-11H2,1-2H3,(H,16,17). The third-order valence-electron chi connectivity index (χ3n) is 4.35. The third kappa shape index (κ3) is 3.19. The van der Waals surface area contributed by atoms with Crippen LogP contribution in [0, 0.1) is 5.92 Å². The van der Waals surface area contributed by atoms with Crippen LogP contribution in [-0.4, -0.2) is 45.3 Å². The molecule has 2 aliphatic rings. The van der Waals surface area contributed by atoms with Gasteiger partial charge in [0, 0.05) is 32.6 Å². The quantitative estimate of drug-likeness (QED) is 0.676. The van der Waals surface area contributed by atoms with E-state index in [0.29, 0.717) is 6.54 Å². The minimum absolute atomic E-state index is 0.625. The highest BCUT2D eigenvalue weighted by Crippen LogP contribution is 2.17. The number of hydrogen-bond donors (Lipinski definition) is 1. The number of aryl methyl sites for hydroxylation is 1. The summed E-state index contributed by atoms with van der Waals surface area (Å²) in [5.74, 6) is 3.90. The Hall–Kier alpha value is -1.59. The van der Waals surface area contributed by atoms with Gasteiger partial charge in [-0.3, -0.25) is 0 Å². The lowest BCUT2D eigenvalue weighted by molar-refractivity contribution is 0.266. The summed E-state index contributed by atoms with van der Waals surface area (Å²) in [6.45, 7) is 9.23. The monoisotopic (exact) mass is 290 g/mol. The molecule has 2 aliphatic heterocycles. The Morgan fingerprint density at radius 3 is 3.05 bits per heavy atom. The van der Waals surface area contributed by atoms with Crippen molar-refractivity contribution >= 4 is 5.96 Å². The number of nitrogens with zero attached hydrogens (tertiary/aromatic N) is 5. The van der Waals surface area contributed by atoms with Crippen LogP contribution in [0.1, 0.15) is 44.8 Å². The van der Waals surface area contributed by atoms with Gasteiger partial charge in [-0.05, 0) is 32.1 Å². The molecule has 116 valence electrons. The van der Waals surface area contributed by atoms with E-state index in [1.807, 2.05) is 0 Å². The largest absolute Gasteiger partial charge is 0.357 e. The first kappa shape index (κ1) is 14.4. The van der Waals surface area contributed by atoms with Crippen molar-refractivity contribution in [1.82, 2.24) is 25.0 Å². The van der Waals surface area contributed by atoms with Crippen LogP contribution >= 0.6 is 0 Å². The molecule has 1 aromatic rings. The molecule has 21 heavy (non-hydrogen) atoms. The minimum atomic E-state index is 0.625. The molecule has 1 unspecified atom stereocenters. The van der Waals surface area contributed by atoms with Gasteiger partial charge in [-0.25, -0.2) is 4.99 Å². The van der Waals surface area contributed by atoms with Crippen molar-refractivity contribution in [2.24, 2.45) is 10.9 Å². The van der Waals surface area contributed by atoms with Gasteiger partial charge >= 0.3 is 0 Å². The number of hydrogen-bond acceptors (Lipinski definition) is 3. The van der Waals surface area contributed by atoms with Gasteiger partial charge in [0.2, 0.25) is 0 Å². The van der Waals surface area contributed by atoms with Crippen LogP contribution in [0.5, 0.6) is 0 Å². The van der Waals surface area contributed by atoms with Gasteiger partial charge in [0.25, 0.3) is 0 Å². The van der Waals surface area contributed by atoms with E-state index in [1.54, 1.807) is 0 Å². The smallest absolute Gasteiger partial charge is 0.194 e. The van der Waals surface area contributed by atoms with Gasteiger partial charge < -0.3 is 14.8 Å². The average molecular weight is 290 g/mol. The Kier molecular flexibility index (Phi) is 4.41. The fraction of sp³-hybridized carbons (Fsp3) is 0.800. The van der Waals surface area contributed by atoms with Crippen LogP contribution in [0.2, 0.25) is 0 Å². The number of aliphatic imine (C=N–C) groups is 1. The molecule has 0 amide bonds. The van der Waals surface area contributed by atoms with E-state index in [9.17, 15) is 0 Å². The molecule has 0 spiro atoms. The Morgan fingerprint density at radius 1 is 1.33 bits per heavy atom. The molecular formula is C15H26N6. The number of rotatable bonds is 3. The Labute approximate surface area is 126 Å². The summed E-state index contributed by atoms with van der Waals surface area (Å²) in [5.41, 5.74) is 0. The lowest BCUT2D eigenvalue weighted by atomic mass is 10.0. The first-order valence-electron chi connectivity index (χ1n) is 8.22. The van der Waals surface area contributed by atoms with Crippen molar-refractivity contribution in [3.63, 3.8) is 0 Å². The number of nitrogens with one attached hydrogen (secondary N) is 1. The summed E-state index contributed by atoms with van der Waals surface area (Å²) < 4.78 is 2.23. The van der Waals surface area contributed by atoms with Gasteiger partial charge in [-0.2, -0.15) is 0 Å². The molecule has 0 aliphatic carbocycles. The fourth-order valence-electron chi connectivity index (χ4n) is 3.28. The van der Waals surface area contributed by atoms with Crippen LogP contribution in [-0.2, 0) is 19.5 Å². The molecule has 0 radical (unpaired) electrons. The van der Waals surface area contributed by atoms with Crippen molar-refractivity contribution in [3.05, 3.63) is 11.6 Å². The van der Waals surface area contributed by atoms with E-state index >= 15 is 0 Å². The minimum Gasteiger partial charge on any atom is -0.357 e. The maximum Gasteiger partial charge on any atom is 0.194 e. The number of likely N-dealkylation sites (tertiary alicyclic amines) is 1. The maximum absolute atomic E-state index is 4.80. The number of aromatic nitrogens is 3. The highest BCUT2D eigenvalue weighted by molar-refractivity contribution is 5.80. The Morgan fingerprint density at radius 2 is 2.24 bits per heavy atom. The predicted molar refractivity (Wildman–Crippen MR) is 83.1 cm³/mol. The lowest BCUT2D eigenvalue weighted by Gasteiger charge is -2.33. The SMILES string of the molecule is CCNC(=NCc1nnc2n1CCC2)N1CCCC(C)C1. The molecule has 3 heterocycles. The first-order valence-corrected chi connectivity index (χ1v) is 8.22. The summed E-state index contributed by atoms with van der Waals surface area (Å²) in [5, 5.41) is 12.0. The predicted octanol–water partition coefficient (Wildman–Crippen LogP) is 1.42. The highest BCUT2D eigenvalue weighted by atomic mass is 15.3. The van der Waals surface area contributed by atoms with Crippen molar-refractivity contribution in [3.8, 4) is 0 Å². The van der Waals surface area contributed by atoms with Crippen molar-refractivity contribution in [2.75, 3.05) is 19.6 Å². The van der Waals surface area contributed by atoms with Gasteiger partial charge in [-0.1, -0.05) is 6.92 Å². The first-order chi connectivity index (χ1) is 10.3. The zero-order valence-electron chi connectivity index (χ0n) is 13.2. The van der Waals surface area contributed by atoms with E-state index < -0.39 is 0 Å². The lowest BCUT2D eigenvalue weighted by Crippen LogP contribution is -2.46. The molecular weight excluding hydrogens is 264 g/mol. The van der Waals surface area contributed by atoms with Gasteiger partial charge in [0.1, 0.15) is 12.4 Å². The molecule has 6 heteroatoms. The van der Waals surface area contributed by atoms with Crippen LogP contribution in [0.4, 0.5) is 0 Å².